The average Bonchev–Trinajstić information content (AvgIpc) is 2.39. The van der Waals surface area contributed by atoms with Crippen molar-refractivity contribution in [2.24, 2.45) is 5.73 Å². The van der Waals surface area contributed by atoms with E-state index in [4.69, 9.17) is 15.9 Å². The lowest BCUT2D eigenvalue weighted by molar-refractivity contribution is 0.304. The van der Waals surface area contributed by atoms with Crippen LogP contribution in [0.15, 0.2) is 46.9 Å². The topological polar surface area (TPSA) is 59.1 Å². The lowest BCUT2D eigenvalue weighted by Crippen LogP contribution is -2.11. The molecule has 2 rings (SSSR count). The summed E-state index contributed by atoms with van der Waals surface area (Å²) in [6.45, 7) is 2.47. The van der Waals surface area contributed by atoms with Gasteiger partial charge in [-0.2, -0.15) is 0 Å². The number of nitrogen functional groups attached to an aromatic ring is 1. The highest BCUT2D eigenvalue weighted by molar-refractivity contribution is 9.10. The Hall–Kier alpha value is -1.81. The Morgan fingerprint density at radius 2 is 1.89 bits per heavy atom. The Morgan fingerprint density at radius 3 is 2.53 bits per heavy atom. The molecule has 4 heteroatoms. The molecule has 3 nitrogen and oxygen atoms in total. The zero-order chi connectivity index (χ0) is 13.8. The first kappa shape index (κ1) is 13.6. The van der Waals surface area contributed by atoms with Crippen LogP contribution in [0.3, 0.4) is 0 Å². The van der Waals surface area contributed by atoms with Crippen LogP contribution in [-0.2, 0) is 6.61 Å². The zero-order valence-electron chi connectivity index (χ0n) is 10.6. The van der Waals surface area contributed by atoms with E-state index in [0.29, 0.717) is 12.2 Å². The molecule has 0 radical (unpaired) electrons. The molecule has 98 valence electrons. The van der Waals surface area contributed by atoms with Gasteiger partial charge in [0, 0.05) is 10.0 Å². The molecule has 0 atom stereocenters. The molecule has 3 N–H and O–H groups in total. The fourth-order valence-electron chi connectivity index (χ4n) is 1.66. The first-order valence-corrected chi connectivity index (χ1v) is 6.68. The number of aryl methyl sites for hydroxylation is 1. The molecule has 0 fully saturated rings. The molecule has 0 unspecified atom stereocenters. The summed E-state index contributed by atoms with van der Waals surface area (Å²) >= 11 is 3.40. The number of amidine groups is 1. The molecule has 0 aliphatic carbocycles. The van der Waals surface area contributed by atoms with E-state index < -0.39 is 0 Å². The Bertz CT molecular complexity index is 594. The van der Waals surface area contributed by atoms with Gasteiger partial charge in [0.15, 0.2) is 0 Å². The van der Waals surface area contributed by atoms with Gasteiger partial charge in [0.25, 0.3) is 0 Å². The van der Waals surface area contributed by atoms with Gasteiger partial charge in [-0.25, -0.2) is 0 Å². The highest BCUT2D eigenvalue weighted by Crippen LogP contribution is 2.21. The van der Waals surface area contributed by atoms with Crippen molar-refractivity contribution in [2.75, 3.05) is 0 Å². The third-order valence-electron chi connectivity index (χ3n) is 2.81. The second-order valence-electron chi connectivity index (χ2n) is 4.31. The predicted molar refractivity (Wildman–Crippen MR) is 80.7 cm³/mol. The Morgan fingerprint density at radius 1 is 1.21 bits per heavy atom. The molecule has 0 amide bonds. The highest BCUT2D eigenvalue weighted by atomic mass is 79.9. The van der Waals surface area contributed by atoms with Crippen LogP contribution in [0, 0.1) is 12.3 Å². The highest BCUT2D eigenvalue weighted by Gasteiger charge is 2.04. The van der Waals surface area contributed by atoms with E-state index in [-0.39, 0.29) is 5.84 Å². The van der Waals surface area contributed by atoms with E-state index in [1.54, 1.807) is 6.07 Å². The molecule has 2 aromatic rings. The summed E-state index contributed by atoms with van der Waals surface area (Å²) in [6.07, 6.45) is 0. The van der Waals surface area contributed by atoms with E-state index in [1.807, 2.05) is 43.3 Å². The molecule has 2 aromatic carbocycles. The lowest BCUT2D eigenvalue weighted by atomic mass is 10.1. The average molecular weight is 319 g/mol. The largest absolute Gasteiger partial charge is 0.489 e. The number of rotatable bonds is 4. The molecule has 19 heavy (non-hydrogen) atoms. The summed E-state index contributed by atoms with van der Waals surface area (Å²) in [5.41, 5.74) is 8.28. The van der Waals surface area contributed by atoms with Crippen molar-refractivity contribution >= 4 is 21.8 Å². The maximum atomic E-state index is 7.44. The van der Waals surface area contributed by atoms with Crippen LogP contribution in [0.5, 0.6) is 5.75 Å². The number of ether oxygens (including phenoxy) is 1. The number of hydrogen-bond acceptors (Lipinski definition) is 2. The van der Waals surface area contributed by atoms with E-state index in [2.05, 4.69) is 15.9 Å². The lowest BCUT2D eigenvalue weighted by Gasteiger charge is -2.11. The summed E-state index contributed by atoms with van der Waals surface area (Å²) in [6, 6.07) is 13.5. The van der Waals surface area contributed by atoms with Gasteiger partial charge in [-0.05, 0) is 36.2 Å². The van der Waals surface area contributed by atoms with Crippen LogP contribution in [-0.4, -0.2) is 5.84 Å². The molecular weight excluding hydrogens is 304 g/mol. The third kappa shape index (κ3) is 3.58. The van der Waals surface area contributed by atoms with E-state index in [9.17, 15) is 0 Å². The van der Waals surface area contributed by atoms with Crippen molar-refractivity contribution in [2.45, 2.75) is 13.5 Å². The van der Waals surface area contributed by atoms with E-state index in [0.717, 1.165) is 21.3 Å². The number of nitrogens with two attached hydrogens (primary N) is 1. The third-order valence-corrected chi connectivity index (χ3v) is 3.34. The number of hydrogen-bond donors (Lipinski definition) is 2. The zero-order valence-corrected chi connectivity index (χ0v) is 12.2. The van der Waals surface area contributed by atoms with Gasteiger partial charge < -0.3 is 10.5 Å². The molecule has 0 aromatic heterocycles. The Balaban J connectivity index is 2.12. The standard InChI is InChI=1S/C15H15BrN2O/c1-10-2-5-12(15(17)18)8-14(10)19-9-11-3-6-13(16)7-4-11/h2-8H,9H2,1H3,(H3,17,18). The van der Waals surface area contributed by atoms with Gasteiger partial charge in [-0.3, -0.25) is 5.41 Å². The van der Waals surface area contributed by atoms with Gasteiger partial charge in [-0.15, -0.1) is 0 Å². The molecule has 0 aliphatic rings. The second kappa shape index (κ2) is 5.89. The van der Waals surface area contributed by atoms with Gasteiger partial charge >= 0.3 is 0 Å². The molecule has 0 saturated heterocycles. The fourth-order valence-corrected chi connectivity index (χ4v) is 1.93. The van der Waals surface area contributed by atoms with E-state index in [1.165, 1.54) is 0 Å². The smallest absolute Gasteiger partial charge is 0.123 e. The monoisotopic (exact) mass is 318 g/mol. The quantitative estimate of drug-likeness (QED) is 0.668. The molecule has 0 bridgehead atoms. The summed E-state index contributed by atoms with van der Waals surface area (Å²) in [5, 5.41) is 7.44. The van der Waals surface area contributed by atoms with Crippen LogP contribution in [0.2, 0.25) is 0 Å². The van der Waals surface area contributed by atoms with Crippen LogP contribution in [0.25, 0.3) is 0 Å². The maximum Gasteiger partial charge on any atom is 0.123 e. The van der Waals surface area contributed by atoms with Crippen molar-refractivity contribution in [3.05, 3.63) is 63.6 Å². The van der Waals surface area contributed by atoms with Gasteiger partial charge in [-0.1, -0.05) is 40.2 Å². The summed E-state index contributed by atoms with van der Waals surface area (Å²) in [5.74, 6) is 0.809. The van der Waals surface area contributed by atoms with Crippen molar-refractivity contribution in [1.29, 1.82) is 5.41 Å². The summed E-state index contributed by atoms with van der Waals surface area (Å²) in [4.78, 5) is 0. The Labute approximate surface area is 121 Å². The molecule has 0 heterocycles. The van der Waals surface area contributed by atoms with E-state index >= 15 is 0 Å². The van der Waals surface area contributed by atoms with Crippen LogP contribution >= 0.6 is 15.9 Å². The molecule has 0 saturated carbocycles. The predicted octanol–water partition coefficient (Wildman–Crippen LogP) is 3.62. The van der Waals surface area contributed by atoms with Crippen molar-refractivity contribution in [3.8, 4) is 5.75 Å². The Kier molecular flexibility index (Phi) is 4.22. The van der Waals surface area contributed by atoms with Crippen LogP contribution < -0.4 is 10.5 Å². The fraction of sp³-hybridized carbons (Fsp3) is 0.133. The SMILES string of the molecule is Cc1ccc(C(=N)N)cc1OCc1ccc(Br)cc1. The van der Waals surface area contributed by atoms with Gasteiger partial charge in [0.2, 0.25) is 0 Å². The summed E-state index contributed by atoms with van der Waals surface area (Å²) in [7, 11) is 0. The first-order chi connectivity index (χ1) is 9.06. The minimum absolute atomic E-state index is 0.0495. The van der Waals surface area contributed by atoms with Crippen LogP contribution in [0.4, 0.5) is 0 Å². The summed E-state index contributed by atoms with van der Waals surface area (Å²) < 4.78 is 6.83. The molecule has 0 spiro atoms. The maximum absolute atomic E-state index is 7.44. The normalized spacial score (nSPS) is 10.2. The van der Waals surface area contributed by atoms with Crippen LogP contribution in [0.1, 0.15) is 16.7 Å². The molecule has 0 aliphatic heterocycles. The minimum atomic E-state index is 0.0495. The second-order valence-corrected chi connectivity index (χ2v) is 5.22. The van der Waals surface area contributed by atoms with Crippen molar-refractivity contribution < 1.29 is 4.74 Å². The first-order valence-electron chi connectivity index (χ1n) is 5.88. The number of benzene rings is 2. The van der Waals surface area contributed by atoms with Gasteiger partial charge in [0.1, 0.15) is 18.2 Å². The van der Waals surface area contributed by atoms with Gasteiger partial charge in [0.05, 0.1) is 0 Å². The van der Waals surface area contributed by atoms with Crippen molar-refractivity contribution in [3.63, 3.8) is 0 Å². The van der Waals surface area contributed by atoms with Crippen molar-refractivity contribution in [1.82, 2.24) is 0 Å². The number of halogens is 1. The molecular formula is C15H15BrN2O. The number of nitrogens with one attached hydrogen (secondary N) is 1. The minimum Gasteiger partial charge on any atom is -0.489 e.